The maximum atomic E-state index is 12.6. The number of sulfonamides is 1. The van der Waals surface area contributed by atoms with E-state index in [4.69, 9.17) is 5.26 Å². The maximum absolute atomic E-state index is 12.6. The third-order valence-corrected chi connectivity index (χ3v) is 5.63. The lowest BCUT2D eigenvalue weighted by Gasteiger charge is -2.35. The van der Waals surface area contributed by atoms with E-state index >= 15 is 0 Å². The minimum atomic E-state index is -4.52. The largest absolute Gasteiger partial charge is 0.369 e. The minimum Gasteiger partial charge on any atom is -0.369 e. The number of aromatic nitrogens is 2. The Balaban J connectivity index is 1.60. The zero-order valence-corrected chi connectivity index (χ0v) is 14.9. The van der Waals surface area contributed by atoms with Crippen LogP contribution in [0.2, 0.25) is 0 Å². The van der Waals surface area contributed by atoms with Crippen LogP contribution in [0.3, 0.4) is 0 Å². The van der Waals surface area contributed by atoms with E-state index < -0.39 is 15.8 Å². The Morgan fingerprint density at radius 3 is 2.26 bits per heavy atom. The zero-order valence-electron chi connectivity index (χ0n) is 14.1. The Bertz CT molecular complexity index is 921. The highest BCUT2D eigenvalue weighted by molar-refractivity contribution is 7.89. The summed E-state index contributed by atoms with van der Waals surface area (Å²) < 4.78 is 49.1. The third-order valence-electron chi connectivity index (χ3n) is 4.09. The van der Waals surface area contributed by atoms with E-state index in [1.807, 2.05) is 35.2 Å². The molecule has 2 aromatic rings. The summed E-state index contributed by atoms with van der Waals surface area (Å²) in [4.78, 5) is 9.93. The molecule has 0 radical (unpaired) electrons. The van der Waals surface area contributed by atoms with Crippen molar-refractivity contribution >= 4 is 27.2 Å². The van der Waals surface area contributed by atoms with Crippen LogP contribution in [0.1, 0.15) is 5.69 Å². The molecule has 0 unspecified atom stereocenters. The van der Waals surface area contributed by atoms with Crippen LogP contribution in [-0.4, -0.2) is 54.6 Å². The molecule has 142 valence electrons. The van der Waals surface area contributed by atoms with Gasteiger partial charge in [0, 0.05) is 37.6 Å². The standard InChI is InChI=1S/C16H16F2N6O2S/c17-16(18)27(25,26)24-7-5-23(6-8-24)14-3-1-12(2-4-14)22-15-11-20-13(9-19)10-21-15/h1-4,10-11,16H,5-8H2,(H,21,22). The molecule has 2 heterocycles. The Labute approximate surface area is 155 Å². The van der Waals surface area contributed by atoms with Crippen LogP contribution in [0.25, 0.3) is 0 Å². The summed E-state index contributed by atoms with van der Waals surface area (Å²) in [6, 6.07) is 9.21. The van der Waals surface area contributed by atoms with Crippen LogP contribution < -0.4 is 10.2 Å². The molecule has 1 aromatic carbocycles. The summed E-state index contributed by atoms with van der Waals surface area (Å²) in [5.74, 6) is -2.90. The molecule has 0 atom stereocenters. The van der Waals surface area contributed by atoms with Gasteiger partial charge in [-0.25, -0.2) is 18.4 Å². The number of nitriles is 1. The highest BCUT2D eigenvalue weighted by Crippen LogP contribution is 2.23. The number of anilines is 3. The number of piperazine rings is 1. The van der Waals surface area contributed by atoms with Crippen LogP contribution in [0.15, 0.2) is 36.7 Å². The number of rotatable bonds is 5. The fraction of sp³-hybridized carbons (Fsp3) is 0.312. The molecule has 1 aliphatic rings. The molecular formula is C16H16F2N6O2S. The van der Waals surface area contributed by atoms with Gasteiger partial charge in [0.05, 0.1) is 12.4 Å². The molecule has 1 aromatic heterocycles. The van der Waals surface area contributed by atoms with Crippen molar-refractivity contribution in [2.75, 3.05) is 36.4 Å². The van der Waals surface area contributed by atoms with Crippen molar-refractivity contribution in [1.29, 1.82) is 5.26 Å². The second-order valence-electron chi connectivity index (χ2n) is 5.76. The van der Waals surface area contributed by atoms with Gasteiger partial charge in [0.2, 0.25) is 0 Å². The van der Waals surface area contributed by atoms with Gasteiger partial charge in [0.25, 0.3) is 10.0 Å². The first-order valence-electron chi connectivity index (χ1n) is 8.01. The van der Waals surface area contributed by atoms with Crippen LogP contribution >= 0.6 is 0 Å². The molecular weight excluding hydrogens is 378 g/mol. The number of nitrogens with zero attached hydrogens (tertiary/aromatic N) is 5. The normalized spacial score (nSPS) is 15.6. The number of nitrogens with one attached hydrogen (secondary N) is 1. The molecule has 0 spiro atoms. The molecule has 1 saturated heterocycles. The smallest absolute Gasteiger partial charge is 0.350 e. The Morgan fingerprint density at radius 2 is 1.74 bits per heavy atom. The van der Waals surface area contributed by atoms with Crippen molar-refractivity contribution in [3.05, 3.63) is 42.4 Å². The Morgan fingerprint density at radius 1 is 1.07 bits per heavy atom. The van der Waals surface area contributed by atoms with Gasteiger partial charge in [-0.05, 0) is 24.3 Å². The number of benzene rings is 1. The second kappa shape index (κ2) is 7.81. The summed E-state index contributed by atoms with van der Waals surface area (Å²) >= 11 is 0. The number of halogens is 2. The van der Waals surface area contributed by atoms with Gasteiger partial charge in [-0.1, -0.05) is 0 Å². The quantitative estimate of drug-likeness (QED) is 0.824. The number of hydrogen-bond acceptors (Lipinski definition) is 7. The summed E-state index contributed by atoms with van der Waals surface area (Å²) in [6.45, 7) is 0.709. The molecule has 11 heteroatoms. The number of hydrogen-bond donors (Lipinski definition) is 1. The average molecular weight is 394 g/mol. The van der Waals surface area contributed by atoms with Crippen molar-refractivity contribution < 1.29 is 17.2 Å². The molecule has 1 N–H and O–H groups in total. The molecule has 0 amide bonds. The first-order valence-corrected chi connectivity index (χ1v) is 9.52. The minimum absolute atomic E-state index is 0.0213. The average Bonchev–Trinajstić information content (AvgIpc) is 2.69. The highest BCUT2D eigenvalue weighted by atomic mass is 32.2. The van der Waals surface area contributed by atoms with E-state index in [0.29, 0.717) is 18.9 Å². The molecule has 0 saturated carbocycles. The molecule has 27 heavy (non-hydrogen) atoms. The van der Waals surface area contributed by atoms with E-state index in [1.54, 1.807) is 0 Å². The predicted molar refractivity (Wildman–Crippen MR) is 95.2 cm³/mol. The first-order chi connectivity index (χ1) is 12.9. The molecule has 1 aliphatic heterocycles. The van der Waals surface area contributed by atoms with E-state index in [0.717, 1.165) is 15.7 Å². The summed E-state index contributed by atoms with van der Waals surface area (Å²) in [7, 11) is -4.52. The Hall–Kier alpha value is -2.84. The van der Waals surface area contributed by atoms with Gasteiger partial charge in [0.1, 0.15) is 11.9 Å². The molecule has 0 aliphatic carbocycles. The van der Waals surface area contributed by atoms with Gasteiger partial charge in [0.15, 0.2) is 5.69 Å². The summed E-state index contributed by atoms with van der Waals surface area (Å²) in [5, 5.41) is 11.8. The van der Waals surface area contributed by atoms with Crippen molar-refractivity contribution in [3.8, 4) is 6.07 Å². The van der Waals surface area contributed by atoms with Crippen molar-refractivity contribution in [2.45, 2.75) is 5.76 Å². The fourth-order valence-electron chi connectivity index (χ4n) is 2.67. The zero-order chi connectivity index (χ0) is 19.4. The SMILES string of the molecule is N#Cc1cnc(Nc2ccc(N3CCN(S(=O)(=O)C(F)F)CC3)cc2)cn1. The van der Waals surface area contributed by atoms with E-state index in [-0.39, 0.29) is 18.8 Å². The third kappa shape index (κ3) is 4.29. The Kier molecular flexibility index (Phi) is 5.48. The lowest BCUT2D eigenvalue weighted by Crippen LogP contribution is -2.50. The molecule has 0 bridgehead atoms. The topological polar surface area (TPSA) is 102 Å². The van der Waals surface area contributed by atoms with Crippen LogP contribution in [0.4, 0.5) is 26.0 Å². The fourth-order valence-corrected chi connectivity index (χ4v) is 3.56. The van der Waals surface area contributed by atoms with Gasteiger partial charge >= 0.3 is 5.76 Å². The highest BCUT2D eigenvalue weighted by Gasteiger charge is 2.34. The van der Waals surface area contributed by atoms with E-state index in [1.165, 1.54) is 12.4 Å². The van der Waals surface area contributed by atoms with Gasteiger partial charge in [-0.3, -0.25) is 0 Å². The molecule has 8 nitrogen and oxygen atoms in total. The lowest BCUT2D eigenvalue weighted by atomic mass is 10.2. The monoisotopic (exact) mass is 394 g/mol. The molecule has 3 rings (SSSR count). The van der Waals surface area contributed by atoms with Gasteiger partial charge in [-0.2, -0.15) is 18.3 Å². The van der Waals surface area contributed by atoms with Crippen molar-refractivity contribution in [2.24, 2.45) is 0 Å². The first kappa shape index (κ1) is 18.9. The van der Waals surface area contributed by atoms with Gasteiger partial charge < -0.3 is 10.2 Å². The lowest BCUT2D eigenvalue weighted by molar-refractivity contribution is 0.217. The van der Waals surface area contributed by atoms with Crippen LogP contribution in [0.5, 0.6) is 0 Å². The summed E-state index contributed by atoms with van der Waals surface area (Å²) in [6.07, 6.45) is 2.82. The van der Waals surface area contributed by atoms with Crippen molar-refractivity contribution in [3.63, 3.8) is 0 Å². The number of alkyl halides is 2. The van der Waals surface area contributed by atoms with Crippen LogP contribution in [-0.2, 0) is 10.0 Å². The second-order valence-corrected chi connectivity index (χ2v) is 7.66. The van der Waals surface area contributed by atoms with Crippen molar-refractivity contribution in [1.82, 2.24) is 14.3 Å². The van der Waals surface area contributed by atoms with E-state index in [2.05, 4.69) is 15.3 Å². The van der Waals surface area contributed by atoms with Gasteiger partial charge in [-0.15, -0.1) is 0 Å². The molecule has 1 fully saturated rings. The van der Waals surface area contributed by atoms with E-state index in [9.17, 15) is 17.2 Å². The maximum Gasteiger partial charge on any atom is 0.350 e. The predicted octanol–water partition coefficient (Wildman–Crippen LogP) is 1.77. The summed E-state index contributed by atoms with van der Waals surface area (Å²) in [5.41, 5.74) is 1.85. The van der Waals surface area contributed by atoms with Crippen LogP contribution in [0, 0.1) is 11.3 Å².